The van der Waals surface area contributed by atoms with Crippen LogP contribution in [0.5, 0.6) is 11.5 Å². The molecule has 1 heterocycles. The minimum atomic E-state index is -5.03. The smallest absolute Gasteiger partial charge is 0.484 e. The van der Waals surface area contributed by atoms with Gasteiger partial charge < -0.3 is 13.4 Å². The fraction of sp³-hybridized carbons (Fsp3) is 0.385. The highest BCUT2D eigenvalue weighted by molar-refractivity contribution is 7.81. The maximum Gasteiger partial charge on any atom is 0.488 e. The summed E-state index contributed by atoms with van der Waals surface area (Å²) in [7, 11) is -5.03. The van der Waals surface area contributed by atoms with Crippen molar-refractivity contribution in [2.45, 2.75) is 32.8 Å². The Labute approximate surface area is 127 Å². The van der Waals surface area contributed by atoms with Crippen molar-refractivity contribution >= 4 is 10.5 Å². The summed E-state index contributed by atoms with van der Waals surface area (Å²) in [6, 6.07) is 5.39. The molecule has 0 aliphatic carbocycles. The van der Waals surface area contributed by atoms with Gasteiger partial charge in [-0.3, -0.25) is 0 Å². The average molecular weight is 330 g/mol. The highest BCUT2D eigenvalue weighted by Gasteiger charge is 2.21. The molecule has 1 aromatic heterocycles. The first kappa shape index (κ1) is 16.2. The predicted octanol–water partition coefficient (Wildman–Crippen LogP) is 2.54. The van der Waals surface area contributed by atoms with Gasteiger partial charge in [-0.2, -0.15) is 13.4 Å². The zero-order chi connectivity index (χ0) is 16.4. The molecule has 22 heavy (non-hydrogen) atoms. The monoisotopic (exact) mass is 330 g/mol. The third kappa shape index (κ3) is 4.69. The maximum atomic E-state index is 12.3. The van der Waals surface area contributed by atoms with E-state index < -0.39 is 10.5 Å². The lowest BCUT2D eigenvalue weighted by Crippen LogP contribution is -2.13. The molecule has 1 aromatic carbocycles. The van der Waals surface area contributed by atoms with Gasteiger partial charge in [0.1, 0.15) is 11.5 Å². The number of benzene rings is 1. The summed E-state index contributed by atoms with van der Waals surface area (Å²) in [4.78, 5) is 4.21. The lowest BCUT2D eigenvalue weighted by molar-refractivity contribution is 0.242. The first-order chi connectivity index (χ1) is 10.1. The van der Waals surface area contributed by atoms with E-state index in [0.29, 0.717) is 17.5 Å². The van der Waals surface area contributed by atoms with E-state index in [4.69, 9.17) is 9.26 Å². The molecule has 2 aromatic rings. The van der Waals surface area contributed by atoms with Crippen LogP contribution < -0.4 is 8.92 Å². The zero-order valence-electron chi connectivity index (χ0n) is 12.2. The zero-order valence-corrected chi connectivity index (χ0v) is 13.1. The van der Waals surface area contributed by atoms with E-state index in [-0.39, 0.29) is 17.8 Å². The van der Waals surface area contributed by atoms with Gasteiger partial charge >= 0.3 is 10.5 Å². The van der Waals surface area contributed by atoms with Crippen LogP contribution in [0.25, 0.3) is 0 Å². The van der Waals surface area contributed by atoms with Gasteiger partial charge in [-0.15, -0.1) is 0 Å². The molecular weight excluding hydrogens is 315 g/mol. The van der Waals surface area contributed by atoms with Crippen molar-refractivity contribution in [2.24, 2.45) is 0 Å². The topological polar surface area (TPSA) is 91.5 Å². The standard InChI is InChI=1S/C13H15FN2O5S/c1-13(2,3)12-15-11(20-16-12)8-19-9-4-6-10(7-5-9)21-22(14,17)18/h4-7H,8H2,1-3H3. The second kappa shape index (κ2) is 5.91. The summed E-state index contributed by atoms with van der Waals surface area (Å²) in [5, 5.41) is 3.86. The van der Waals surface area contributed by atoms with E-state index >= 15 is 0 Å². The van der Waals surface area contributed by atoms with Gasteiger partial charge in [-0.25, -0.2) is 0 Å². The minimum Gasteiger partial charge on any atom is -0.484 e. The molecule has 2 rings (SSSR count). The van der Waals surface area contributed by atoms with Crippen LogP contribution in [0.4, 0.5) is 3.89 Å². The molecule has 0 spiro atoms. The van der Waals surface area contributed by atoms with Crippen LogP contribution in [0.2, 0.25) is 0 Å². The Bertz CT molecular complexity index is 735. The van der Waals surface area contributed by atoms with Crippen molar-refractivity contribution < 1.29 is 25.7 Å². The fourth-order valence-corrected chi connectivity index (χ4v) is 1.81. The number of rotatable bonds is 5. The number of aromatic nitrogens is 2. The number of hydrogen-bond acceptors (Lipinski definition) is 7. The number of ether oxygens (including phenoxy) is 1. The van der Waals surface area contributed by atoms with Crippen LogP contribution in [0, 0.1) is 0 Å². The highest BCUT2D eigenvalue weighted by atomic mass is 32.3. The van der Waals surface area contributed by atoms with Crippen molar-refractivity contribution in [3.63, 3.8) is 0 Å². The van der Waals surface area contributed by atoms with E-state index in [9.17, 15) is 12.3 Å². The summed E-state index contributed by atoms with van der Waals surface area (Å²) in [6.07, 6.45) is 0. The van der Waals surface area contributed by atoms with Crippen molar-refractivity contribution in [2.75, 3.05) is 0 Å². The molecule has 0 aliphatic heterocycles. The predicted molar refractivity (Wildman–Crippen MR) is 74.4 cm³/mol. The highest BCUT2D eigenvalue weighted by Crippen LogP contribution is 2.21. The van der Waals surface area contributed by atoms with Crippen LogP contribution >= 0.6 is 0 Å². The average Bonchev–Trinajstić information content (AvgIpc) is 2.85. The summed E-state index contributed by atoms with van der Waals surface area (Å²) in [6.45, 7) is 5.94. The lowest BCUT2D eigenvalue weighted by Gasteiger charge is -2.10. The van der Waals surface area contributed by atoms with Gasteiger partial charge in [-0.05, 0) is 24.3 Å². The van der Waals surface area contributed by atoms with Crippen molar-refractivity contribution in [3.05, 3.63) is 36.0 Å². The fourth-order valence-electron chi connectivity index (χ4n) is 1.47. The van der Waals surface area contributed by atoms with Crippen LogP contribution in [-0.2, 0) is 22.5 Å². The Morgan fingerprint density at radius 2 is 1.77 bits per heavy atom. The Hall–Kier alpha value is -2.16. The van der Waals surface area contributed by atoms with Crippen molar-refractivity contribution in [3.8, 4) is 11.5 Å². The second-order valence-electron chi connectivity index (χ2n) is 5.50. The van der Waals surface area contributed by atoms with Crippen LogP contribution in [-0.4, -0.2) is 18.6 Å². The van der Waals surface area contributed by atoms with Gasteiger partial charge in [0.2, 0.25) is 0 Å². The first-order valence-corrected chi connectivity index (χ1v) is 7.64. The third-order valence-corrected chi connectivity index (χ3v) is 2.91. The molecule has 9 heteroatoms. The molecule has 0 atom stereocenters. The second-order valence-corrected chi connectivity index (χ2v) is 6.45. The van der Waals surface area contributed by atoms with Gasteiger partial charge in [0, 0.05) is 5.41 Å². The normalized spacial score (nSPS) is 12.2. The van der Waals surface area contributed by atoms with Gasteiger partial charge in [0.15, 0.2) is 12.4 Å². The third-order valence-electron chi connectivity index (χ3n) is 2.52. The molecule has 0 unspecified atom stereocenters. The van der Waals surface area contributed by atoms with Crippen molar-refractivity contribution in [1.29, 1.82) is 0 Å². The Morgan fingerprint density at radius 3 is 2.27 bits per heavy atom. The van der Waals surface area contributed by atoms with E-state index in [0.717, 1.165) is 0 Å². The molecule has 0 saturated heterocycles. The first-order valence-electron chi connectivity index (χ1n) is 6.33. The summed E-state index contributed by atoms with van der Waals surface area (Å²) >= 11 is 0. The molecule has 7 nitrogen and oxygen atoms in total. The van der Waals surface area contributed by atoms with Gasteiger partial charge in [-0.1, -0.05) is 29.8 Å². The molecule has 0 N–H and O–H groups in total. The van der Waals surface area contributed by atoms with E-state index in [1.54, 1.807) is 0 Å². The molecule has 120 valence electrons. The molecule has 0 radical (unpaired) electrons. The SMILES string of the molecule is CC(C)(C)c1noc(COc2ccc(OS(=O)(=O)F)cc2)n1. The quantitative estimate of drug-likeness (QED) is 0.778. The van der Waals surface area contributed by atoms with Gasteiger partial charge in [0.05, 0.1) is 0 Å². The van der Waals surface area contributed by atoms with Crippen LogP contribution in [0.15, 0.2) is 28.8 Å². The lowest BCUT2D eigenvalue weighted by atomic mass is 9.96. The van der Waals surface area contributed by atoms with E-state index in [1.807, 2.05) is 20.8 Å². The maximum absolute atomic E-state index is 12.3. The summed E-state index contributed by atoms with van der Waals surface area (Å²) < 4.78 is 47.5. The number of hydrogen-bond donors (Lipinski definition) is 0. The number of halogens is 1. The minimum absolute atomic E-state index is 0.0602. The van der Waals surface area contributed by atoms with Crippen LogP contribution in [0.1, 0.15) is 32.5 Å². The Balaban J connectivity index is 1.96. The van der Waals surface area contributed by atoms with E-state index in [1.165, 1.54) is 24.3 Å². The van der Waals surface area contributed by atoms with E-state index in [2.05, 4.69) is 14.3 Å². The summed E-state index contributed by atoms with van der Waals surface area (Å²) in [5.41, 5.74) is -0.224. The molecular formula is C13H15FN2O5S. The molecule has 0 fully saturated rings. The molecule has 0 bridgehead atoms. The summed E-state index contributed by atoms with van der Waals surface area (Å²) in [5.74, 6) is 1.15. The molecule has 0 amide bonds. The van der Waals surface area contributed by atoms with Crippen LogP contribution in [0.3, 0.4) is 0 Å². The number of nitrogens with zero attached hydrogens (tertiary/aromatic N) is 2. The molecule has 0 saturated carbocycles. The largest absolute Gasteiger partial charge is 0.488 e. The Morgan fingerprint density at radius 1 is 1.18 bits per heavy atom. The Kier molecular flexibility index (Phi) is 4.36. The molecule has 0 aliphatic rings. The van der Waals surface area contributed by atoms with Crippen molar-refractivity contribution in [1.82, 2.24) is 10.1 Å². The van der Waals surface area contributed by atoms with Gasteiger partial charge in [0.25, 0.3) is 5.89 Å².